The molecule has 0 radical (unpaired) electrons. The average molecular weight is 324 g/mol. The van der Waals surface area contributed by atoms with Crippen molar-refractivity contribution in [3.8, 4) is 0 Å². The number of aromatic carboxylic acids is 1. The predicted octanol–water partition coefficient (Wildman–Crippen LogP) is 2.22. The van der Waals surface area contributed by atoms with Crippen molar-refractivity contribution in [1.29, 1.82) is 0 Å². The van der Waals surface area contributed by atoms with Crippen LogP contribution in [-0.2, 0) is 11.3 Å². The van der Waals surface area contributed by atoms with E-state index in [4.69, 9.17) is 14.3 Å². The van der Waals surface area contributed by atoms with E-state index in [0.717, 1.165) is 12.3 Å². The first-order chi connectivity index (χ1) is 11.0. The molecule has 1 atom stereocenters. The third-order valence-electron chi connectivity index (χ3n) is 3.62. The molecule has 6 nitrogen and oxygen atoms in total. The summed E-state index contributed by atoms with van der Waals surface area (Å²) in [7, 11) is 0. The Morgan fingerprint density at radius 1 is 1.35 bits per heavy atom. The molecule has 3 rings (SSSR count). The van der Waals surface area contributed by atoms with Gasteiger partial charge in [0.15, 0.2) is 5.69 Å². The second-order valence-corrected chi connectivity index (χ2v) is 5.20. The summed E-state index contributed by atoms with van der Waals surface area (Å²) in [5.74, 6) is -2.26. The molecular formula is C15H14F2N2O4. The molecule has 1 aliphatic heterocycles. The van der Waals surface area contributed by atoms with E-state index in [1.807, 2.05) is 4.90 Å². The molecule has 2 heterocycles. The van der Waals surface area contributed by atoms with Gasteiger partial charge in [-0.2, -0.15) is 0 Å². The van der Waals surface area contributed by atoms with Crippen LogP contribution in [0.3, 0.4) is 0 Å². The van der Waals surface area contributed by atoms with Crippen LogP contribution in [0.1, 0.15) is 28.0 Å². The number of carboxylic acids is 1. The monoisotopic (exact) mass is 324 g/mol. The van der Waals surface area contributed by atoms with Gasteiger partial charge in [0.05, 0.1) is 25.8 Å². The standard InChI is InChI=1S/C15H14F2N2O4/c16-10-3-9(4-11(17)5-10)13-8-22-2-1-19(13)6-14-18-12(7-23-14)15(20)21/h3-5,7,13H,1-2,6,8H2,(H,20,21). The first-order valence-electron chi connectivity index (χ1n) is 6.98. The smallest absolute Gasteiger partial charge is 0.357 e. The lowest BCUT2D eigenvalue weighted by Gasteiger charge is -2.35. The Bertz CT molecular complexity index is 699. The molecule has 0 aliphatic carbocycles. The van der Waals surface area contributed by atoms with E-state index in [0.29, 0.717) is 18.7 Å². The SMILES string of the molecule is O=C(O)c1coc(CN2CCOCC2c2cc(F)cc(F)c2)n1. The maximum atomic E-state index is 13.4. The van der Waals surface area contributed by atoms with Crippen molar-refractivity contribution in [2.75, 3.05) is 19.8 Å². The zero-order valence-corrected chi connectivity index (χ0v) is 12.0. The number of nitrogens with zero attached hydrogens (tertiary/aromatic N) is 2. The van der Waals surface area contributed by atoms with Crippen molar-refractivity contribution < 1.29 is 27.8 Å². The minimum atomic E-state index is -1.18. The summed E-state index contributed by atoms with van der Waals surface area (Å²) in [5, 5.41) is 8.86. The van der Waals surface area contributed by atoms with E-state index in [-0.39, 0.29) is 30.8 Å². The van der Waals surface area contributed by atoms with Gasteiger partial charge >= 0.3 is 5.97 Å². The Morgan fingerprint density at radius 3 is 2.74 bits per heavy atom. The van der Waals surface area contributed by atoms with E-state index in [1.165, 1.54) is 12.1 Å². The zero-order chi connectivity index (χ0) is 16.4. The lowest BCUT2D eigenvalue weighted by molar-refractivity contribution is -0.0163. The third kappa shape index (κ3) is 3.54. The predicted molar refractivity (Wildman–Crippen MR) is 73.8 cm³/mol. The van der Waals surface area contributed by atoms with Crippen LogP contribution >= 0.6 is 0 Å². The zero-order valence-electron chi connectivity index (χ0n) is 12.0. The number of halogens is 2. The molecule has 1 saturated heterocycles. The lowest BCUT2D eigenvalue weighted by Crippen LogP contribution is -2.39. The summed E-state index contributed by atoms with van der Waals surface area (Å²) in [4.78, 5) is 16.6. The van der Waals surface area contributed by atoms with Crippen molar-refractivity contribution in [3.63, 3.8) is 0 Å². The number of hydrogen-bond acceptors (Lipinski definition) is 5. The van der Waals surface area contributed by atoms with Gasteiger partial charge in [-0.1, -0.05) is 0 Å². The van der Waals surface area contributed by atoms with E-state index in [2.05, 4.69) is 4.98 Å². The fourth-order valence-corrected chi connectivity index (χ4v) is 2.56. The first kappa shape index (κ1) is 15.6. The van der Waals surface area contributed by atoms with Crippen LogP contribution in [0.2, 0.25) is 0 Å². The van der Waals surface area contributed by atoms with Crippen molar-refractivity contribution in [2.24, 2.45) is 0 Å². The van der Waals surface area contributed by atoms with Crippen molar-refractivity contribution in [2.45, 2.75) is 12.6 Å². The molecule has 8 heteroatoms. The van der Waals surface area contributed by atoms with Gasteiger partial charge in [0.1, 0.15) is 17.9 Å². The van der Waals surface area contributed by atoms with Gasteiger partial charge in [-0.05, 0) is 17.7 Å². The number of morpholine rings is 1. The molecule has 1 fully saturated rings. The van der Waals surface area contributed by atoms with Gasteiger partial charge < -0.3 is 14.3 Å². The number of carboxylic acid groups (broad SMARTS) is 1. The molecule has 1 aliphatic rings. The highest BCUT2D eigenvalue weighted by Gasteiger charge is 2.27. The Kier molecular flexibility index (Phi) is 4.35. The molecule has 122 valence electrons. The molecule has 23 heavy (non-hydrogen) atoms. The maximum absolute atomic E-state index is 13.4. The van der Waals surface area contributed by atoms with Crippen LogP contribution < -0.4 is 0 Å². The second-order valence-electron chi connectivity index (χ2n) is 5.20. The van der Waals surface area contributed by atoms with Gasteiger partial charge in [0, 0.05) is 12.6 Å². The highest BCUT2D eigenvalue weighted by Crippen LogP contribution is 2.27. The minimum absolute atomic E-state index is 0.179. The van der Waals surface area contributed by atoms with Crippen molar-refractivity contribution in [1.82, 2.24) is 9.88 Å². The number of aromatic nitrogens is 1. The molecule has 1 aromatic heterocycles. The van der Waals surface area contributed by atoms with Crippen LogP contribution in [-0.4, -0.2) is 40.7 Å². The van der Waals surface area contributed by atoms with E-state index >= 15 is 0 Å². The number of benzene rings is 1. The van der Waals surface area contributed by atoms with Crippen LogP contribution in [0.5, 0.6) is 0 Å². The van der Waals surface area contributed by atoms with Gasteiger partial charge in [-0.3, -0.25) is 4.90 Å². The molecular weight excluding hydrogens is 310 g/mol. The quantitative estimate of drug-likeness (QED) is 0.929. The van der Waals surface area contributed by atoms with Crippen molar-refractivity contribution >= 4 is 5.97 Å². The average Bonchev–Trinajstić information content (AvgIpc) is 2.95. The fourth-order valence-electron chi connectivity index (χ4n) is 2.56. The Balaban J connectivity index is 1.81. The third-order valence-corrected chi connectivity index (χ3v) is 3.62. The molecule has 0 spiro atoms. The molecule has 0 saturated carbocycles. The van der Waals surface area contributed by atoms with Crippen LogP contribution in [0.15, 0.2) is 28.9 Å². The fraction of sp³-hybridized carbons (Fsp3) is 0.333. The number of hydrogen-bond donors (Lipinski definition) is 1. The normalized spacial score (nSPS) is 19.0. The highest BCUT2D eigenvalue weighted by atomic mass is 19.1. The van der Waals surface area contributed by atoms with E-state index < -0.39 is 17.6 Å². The van der Waals surface area contributed by atoms with Crippen LogP contribution in [0, 0.1) is 11.6 Å². The van der Waals surface area contributed by atoms with Gasteiger partial charge in [0.25, 0.3) is 0 Å². The number of ether oxygens (including phenoxy) is 1. The highest BCUT2D eigenvalue weighted by molar-refractivity contribution is 5.84. The Labute approximate surface area is 130 Å². The van der Waals surface area contributed by atoms with E-state index in [1.54, 1.807) is 0 Å². The molecule has 0 amide bonds. The molecule has 2 aromatic rings. The van der Waals surface area contributed by atoms with Crippen molar-refractivity contribution in [3.05, 3.63) is 53.2 Å². The largest absolute Gasteiger partial charge is 0.476 e. The maximum Gasteiger partial charge on any atom is 0.357 e. The van der Waals surface area contributed by atoms with Crippen LogP contribution in [0.25, 0.3) is 0 Å². The Hall–Kier alpha value is -2.32. The Morgan fingerprint density at radius 2 is 2.09 bits per heavy atom. The topological polar surface area (TPSA) is 75.8 Å². The summed E-state index contributed by atoms with van der Waals surface area (Å²) >= 11 is 0. The summed E-state index contributed by atoms with van der Waals surface area (Å²) in [5.41, 5.74) is 0.272. The molecule has 1 aromatic carbocycles. The minimum Gasteiger partial charge on any atom is -0.476 e. The van der Waals surface area contributed by atoms with Gasteiger partial charge in [-0.15, -0.1) is 0 Å². The lowest BCUT2D eigenvalue weighted by atomic mass is 10.0. The molecule has 0 bridgehead atoms. The first-order valence-corrected chi connectivity index (χ1v) is 6.98. The number of carbonyl (C=O) groups is 1. The van der Waals surface area contributed by atoms with E-state index in [9.17, 15) is 13.6 Å². The van der Waals surface area contributed by atoms with Crippen LogP contribution in [0.4, 0.5) is 8.78 Å². The number of rotatable bonds is 4. The summed E-state index contributed by atoms with van der Waals surface area (Å²) in [6, 6.07) is 2.96. The molecule has 1 N–H and O–H groups in total. The second kappa shape index (κ2) is 6.43. The van der Waals surface area contributed by atoms with Gasteiger partial charge in [-0.25, -0.2) is 18.6 Å². The number of oxazole rings is 1. The van der Waals surface area contributed by atoms with Gasteiger partial charge in [0.2, 0.25) is 5.89 Å². The molecule has 1 unspecified atom stereocenters. The summed E-state index contributed by atoms with van der Waals surface area (Å²) in [6.07, 6.45) is 1.06. The summed E-state index contributed by atoms with van der Waals surface area (Å²) < 4.78 is 37.4. The summed E-state index contributed by atoms with van der Waals surface area (Å²) in [6.45, 7) is 1.46.